The predicted molar refractivity (Wildman–Crippen MR) is 123 cm³/mol. The fraction of sp³-hybridized carbons (Fsp3) is 0.333. The van der Waals surface area contributed by atoms with Crippen molar-refractivity contribution in [1.82, 2.24) is 0 Å². The third-order valence-electron chi connectivity index (χ3n) is 6.14. The molecule has 162 valence electrons. The van der Waals surface area contributed by atoms with Gasteiger partial charge < -0.3 is 20.3 Å². The molecule has 4 heteroatoms. The van der Waals surface area contributed by atoms with Gasteiger partial charge in [-0.2, -0.15) is 0 Å². The van der Waals surface area contributed by atoms with E-state index in [0.29, 0.717) is 19.1 Å². The van der Waals surface area contributed by atoms with Gasteiger partial charge in [0.1, 0.15) is 18.1 Å². The van der Waals surface area contributed by atoms with Crippen molar-refractivity contribution in [3.63, 3.8) is 0 Å². The molecule has 0 amide bonds. The minimum Gasteiger partial charge on any atom is -0.493 e. The van der Waals surface area contributed by atoms with Gasteiger partial charge in [-0.15, -0.1) is 0 Å². The Bertz CT molecular complexity index is 940. The summed E-state index contributed by atoms with van der Waals surface area (Å²) in [7, 11) is 0. The molecule has 0 bridgehead atoms. The summed E-state index contributed by atoms with van der Waals surface area (Å²) < 4.78 is 11.8. The maximum absolute atomic E-state index is 9.46. The van der Waals surface area contributed by atoms with Gasteiger partial charge in [-0.05, 0) is 66.1 Å². The van der Waals surface area contributed by atoms with Crippen LogP contribution >= 0.6 is 0 Å². The molecule has 4 nitrogen and oxygen atoms in total. The highest BCUT2D eigenvalue weighted by molar-refractivity contribution is 5.31. The normalized spacial score (nSPS) is 20.5. The Balaban J connectivity index is 1.21. The quantitative estimate of drug-likeness (QED) is 0.523. The molecule has 1 aliphatic carbocycles. The lowest BCUT2D eigenvalue weighted by Crippen LogP contribution is -2.40. The molecule has 0 saturated heterocycles. The lowest BCUT2D eigenvalue weighted by molar-refractivity contribution is 0.198. The molecule has 3 aromatic rings. The third kappa shape index (κ3) is 5.87. The van der Waals surface area contributed by atoms with E-state index in [1.807, 2.05) is 42.5 Å². The van der Waals surface area contributed by atoms with Crippen molar-refractivity contribution >= 4 is 0 Å². The van der Waals surface area contributed by atoms with E-state index in [4.69, 9.17) is 15.2 Å². The molecule has 0 unspecified atom stereocenters. The Kier molecular flexibility index (Phi) is 6.90. The second-order valence-electron chi connectivity index (χ2n) is 8.55. The van der Waals surface area contributed by atoms with Crippen LogP contribution < -0.4 is 15.2 Å². The monoisotopic (exact) mass is 417 g/mol. The van der Waals surface area contributed by atoms with Crippen LogP contribution in [-0.4, -0.2) is 23.9 Å². The Morgan fingerprint density at radius 2 is 1.52 bits per heavy atom. The first kappa shape index (κ1) is 21.4. The molecule has 1 fully saturated rings. The first-order valence-electron chi connectivity index (χ1n) is 11.0. The average Bonchev–Trinajstić information content (AvgIpc) is 3.22. The topological polar surface area (TPSA) is 64.7 Å². The second-order valence-corrected chi connectivity index (χ2v) is 8.55. The first-order valence-corrected chi connectivity index (χ1v) is 11.0. The highest BCUT2D eigenvalue weighted by Crippen LogP contribution is 2.39. The first-order chi connectivity index (χ1) is 15.1. The van der Waals surface area contributed by atoms with E-state index in [1.54, 1.807) is 0 Å². The van der Waals surface area contributed by atoms with Crippen LogP contribution in [0.1, 0.15) is 41.9 Å². The van der Waals surface area contributed by atoms with Gasteiger partial charge in [-0.25, -0.2) is 0 Å². The summed E-state index contributed by atoms with van der Waals surface area (Å²) in [4.78, 5) is 0. The summed E-state index contributed by atoms with van der Waals surface area (Å²) in [5.74, 6) is 2.18. The molecule has 0 heterocycles. The summed E-state index contributed by atoms with van der Waals surface area (Å²) in [6.45, 7) is 1.26. The maximum atomic E-state index is 9.46. The van der Waals surface area contributed by atoms with Crippen molar-refractivity contribution in [2.24, 2.45) is 5.73 Å². The Morgan fingerprint density at radius 1 is 0.839 bits per heavy atom. The molecular weight excluding hydrogens is 386 g/mol. The molecule has 0 radical (unpaired) electrons. The van der Waals surface area contributed by atoms with Crippen molar-refractivity contribution < 1.29 is 14.6 Å². The van der Waals surface area contributed by atoms with Crippen LogP contribution in [0.2, 0.25) is 0 Å². The van der Waals surface area contributed by atoms with E-state index in [0.717, 1.165) is 42.7 Å². The zero-order valence-corrected chi connectivity index (χ0v) is 17.9. The number of ether oxygens (including phenoxy) is 2. The minimum absolute atomic E-state index is 0.0603. The lowest BCUT2D eigenvalue weighted by atomic mass is 9.94. The van der Waals surface area contributed by atoms with Crippen LogP contribution in [-0.2, 0) is 13.0 Å². The summed E-state index contributed by atoms with van der Waals surface area (Å²) in [6.07, 6.45) is 3.59. The second kappa shape index (κ2) is 9.99. The summed E-state index contributed by atoms with van der Waals surface area (Å²) in [5.41, 5.74) is 9.45. The van der Waals surface area contributed by atoms with Gasteiger partial charge in [0.2, 0.25) is 0 Å². The number of benzene rings is 3. The molecule has 0 spiro atoms. The van der Waals surface area contributed by atoms with Crippen LogP contribution in [0.25, 0.3) is 0 Å². The van der Waals surface area contributed by atoms with Crippen molar-refractivity contribution in [3.05, 3.63) is 95.6 Å². The number of aliphatic hydroxyl groups excluding tert-OH is 1. The molecular formula is C27H31NO3. The van der Waals surface area contributed by atoms with E-state index >= 15 is 0 Å². The SMILES string of the molecule is N[C@@]1(CO)CC[C@@H](c2ccc(OCCc3ccc(OCc4ccccc4)cc3)cc2)C1. The number of nitrogens with two attached hydrogens (primary N) is 1. The van der Waals surface area contributed by atoms with E-state index in [1.165, 1.54) is 11.1 Å². The Hall–Kier alpha value is -2.82. The van der Waals surface area contributed by atoms with E-state index in [-0.39, 0.29) is 6.61 Å². The highest BCUT2D eigenvalue weighted by atomic mass is 16.5. The predicted octanol–water partition coefficient (Wildman–Crippen LogP) is 4.84. The van der Waals surface area contributed by atoms with Gasteiger partial charge in [-0.3, -0.25) is 0 Å². The molecule has 2 atom stereocenters. The zero-order chi connectivity index (χ0) is 21.5. The largest absolute Gasteiger partial charge is 0.493 e. The Morgan fingerprint density at radius 3 is 2.19 bits per heavy atom. The third-order valence-corrected chi connectivity index (χ3v) is 6.14. The molecule has 1 aliphatic rings. The fourth-order valence-electron chi connectivity index (χ4n) is 4.20. The lowest BCUT2D eigenvalue weighted by Gasteiger charge is -2.21. The van der Waals surface area contributed by atoms with Crippen molar-refractivity contribution in [2.45, 2.75) is 43.7 Å². The number of aliphatic hydroxyl groups is 1. The number of hydrogen-bond donors (Lipinski definition) is 2. The highest BCUT2D eigenvalue weighted by Gasteiger charge is 2.35. The van der Waals surface area contributed by atoms with Crippen molar-refractivity contribution in [1.29, 1.82) is 0 Å². The van der Waals surface area contributed by atoms with Gasteiger partial charge in [0.05, 0.1) is 13.2 Å². The smallest absolute Gasteiger partial charge is 0.119 e. The molecule has 0 aliphatic heterocycles. The van der Waals surface area contributed by atoms with Crippen LogP contribution in [0.3, 0.4) is 0 Å². The fourth-order valence-corrected chi connectivity index (χ4v) is 4.20. The summed E-state index contributed by atoms with van der Waals surface area (Å²) >= 11 is 0. The van der Waals surface area contributed by atoms with Gasteiger partial charge in [0.25, 0.3) is 0 Å². The van der Waals surface area contributed by atoms with Crippen molar-refractivity contribution in [2.75, 3.05) is 13.2 Å². The Labute approximate surface area is 184 Å². The number of hydrogen-bond acceptors (Lipinski definition) is 4. The number of rotatable bonds is 9. The van der Waals surface area contributed by atoms with Crippen LogP contribution in [0.4, 0.5) is 0 Å². The summed E-state index contributed by atoms with van der Waals surface area (Å²) in [6, 6.07) is 26.7. The van der Waals surface area contributed by atoms with Gasteiger partial charge in [0, 0.05) is 12.0 Å². The standard InChI is InChI=1S/C27H31NO3/c28-27(20-29)16-14-24(18-27)23-8-12-25(13-9-23)30-17-15-21-6-10-26(11-7-21)31-19-22-4-2-1-3-5-22/h1-13,24,29H,14-20,28H2/t24-,27+/m1/s1. The average molecular weight is 418 g/mol. The maximum Gasteiger partial charge on any atom is 0.119 e. The van der Waals surface area contributed by atoms with E-state index < -0.39 is 5.54 Å². The van der Waals surface area contributed by atoms with Crippen LogP contribution in [0, 0.1) is 0 Å². The molecule has 1 saturated carbocycles. The molecule has 3 N–H and O–H groups in total. The van der Waals surface area contributed by atoms with E-state index in [9.17, 15) is 5.11 Å². The van der Waals surface area contributed by atoms with E-state index in [2.05, 4.69) is 36.4 Å². The zero-order valence-electron chi connectivity index (χ0n) is 17.9. The van der Waals surface area contributed by atoms with Gasteiger partial charge in [0.15, 0.2) is 0 Å². The summed E-state index contributed by atoms with van der Waals surface area (Å²) in [5, 5.41) is 9.46. The van der Waals surface area contributed by atoms with Gasteiger partial charge in [-0.1, -0.05) is 54.6 Å². The van der Waals surface area contributed by atoms with Crippen molar-refractivity contribution in [3.8, 4) is 11.5 Å². The van der Waals surface area contributed by atoms with Crippen LogP contribution in [0.15, 0.2) is 78.9 Å². The van der Waals surface area contributed by atoms with Crippen LogP contribution in [0.5, 0.6) is 11.5 Å². The molecule has 4 rings (SSSR count). The molecule has 0 aromatic heterocycles. The molecule has 3 aromatic carbocycles. The van der Waals surface area contributed by atoms with Gasteiger partial charge >= 0.3 is 0 Å². The minimum atomic E-state index is -0.415. The molecule has 31 heavy (non-hydrogen) atoms.